The summed E-state index contributed by atoms with van der Waals surface area (Å²) in [6.07, 6.45) is 4.11. The van der Waals surface area contributed by atoms with E-state index in [1.165, 1.54) is 44.6 Å². The summed E-state index contributed by atoms with van der Waals surface area (Å²) in [5.41, 5.74) is 1.08. The molecule has 0 saturated carbocycles. The van der Waals surface area contributed by atoms with E-state index in [1.54, 1.807) is 32.0 Å². The average Bonchev–Trinajstić information content (AvgIpc) is 3.34. The van der Waals surface area contributed by atoms with Gasteiger partial charge in [-0.3, -0.25) is 9.55 Å². The van der Waals surface area contributed by atoms with Crippen LogP contribution in [0.2, 0.25) is 5.15 Å². The molecule has 0 saturated heterocycles. The number of methoxy groups -OCH3 is 3. The maximum absolute atomic E-state index is 13.6. The molecule has 2 atom stereocenters. The molecule has 0 amide bonds. The number of halogens is 1. The Bertz CT molecular complexity index is 1510. The third kappa shape index (κ3) is 5.36. The summed E-state index contributed by atoms with van der Waals surface area (Å²) in [6.45, 7) is 3.36. The lowest BCUT2D eigenvalue weighted by Gasteiger charge is -2.20. The van der Waals surface area contributed by atoms with Crippen molar-refractivity contribution in [1.82, 2.24) is 39.7 Å². The van der Waals surface area contributed by atoms with Crippen molar-refractivity contribution >= 4 is 21.4 Å². The van der Waals surface area contributed by atoms with Gasteiger partial charge in [0.05, 0.1) is 44.7 Å². The van der Waals surface area contributed by atoms with Crippen molar-refractivity contribution in [3.05, 3.63) is 53.6 Å². The van der Waals surface area contributed by atoms with Crippen molar-refractivity contribution < 1.29 is 22.6 Å². The number of nitrogens with zero attached hydrogens (tertiary/aromatic N) is 8. The van der Waals surface area contributed by atoms with Crippen LogP contribution in [0.25, 0.3) is 17.2 Å². The van der Waals surface area contributed by atoms with E-state index >= 15 is 0 Å². The van der Waals surface area contributed by atoms with Crippen molar-refractivity contribution in [2.45, 2.75) is 30.8 Å². The second-order valence-corrected chi connectivity index (χ2v) is 10.9. The monoisotopic (exact) mass is 560 g/mol. The first kappa shape index (κ1) is 27.1. The maximum Gasteiger partial charge on any atom is 0.245 e. The molecule has 0 aliphatic carbocycles. The smallest absolute Gasteiger partial charge is 0.245 e. The second-order valence-electron chi connectivity index (χ2n) is 8.15. The standard InChI is InChI=1S/C23H25ClN8O5S/c1-13(16-9-26-17(24)10-25-16)14(2)38(33,34)11-18-30-31-21(15-7-6-8-19(29-15)35-3)32(18)20-22(36-4)27-12-28-23(20)37-5/h6-10,12-14H,11H2,1-5H3/t13-,14-/m0/s1. The summed E-state index contributed by atoms with van der Waals surface area (Å²) in [5, 5.41) is 7.87. The Morgan fingerprint density at radius 3 is 2.26 bits per heavy atom. The van der Waals surface area contributed by atoms with E-state index < -0.39 is 26.8 Å². The molecule has 4 aromatic heterocycles. The van der Waals surface area contributed by atoms with E-state index in [2.05, 4.69) is 35.1 Å². The van der Waals surface area contributed by atoms with Crippen LogP contribution in [0, 0.1) is 0 Å². The summed E-state index contributed by atoms with van der Waals surface area (Å²) >= 11 is 5.84. The van der Waals surface area contributed by atoms with E-state index in [0.29, 0.717) is 17.3 Å². The zero-order chi connectivity index (χ0) is 27.4. The number of ether oxygens (including phenoxy) is 3. The fraction of sp³-hybridized carbons (Fsp3) is 0.348. The molecule has 0 spiro atoms. The number of pyridine rings is 1. The molecule has 4 aromatic rings. The van der Waals surface area contributed by atoms with Gasteiger partial charge in [-0.2, -0.15) is 9.97 Å². The van der Waals surface area contributed by atoms with Crippen molar-refractivity contribution in [3.63, 3.8) is 0 Å². The molecule has 0 unspecified atom stereocenters. The predicted octanol–water partition coefficient (Wildman–Crippen LogP) is 2.70. The minimum absolute atomic E-state index is 0.0808. The van der Waals surface area contributed by atoms with Crippen LogP contribution < -0.4 is 14.2 Å². The highest BCUT2D eigenvalue weighted by Gasteiger charge is 2.33. The largest absolute Gasteiger partial charge is 0.481 e. The third-order valence-corrected chi connectivity index (χ3v) is 8.36. The van der Waals surface area contributed by atoms with Gasteiger partial charge in [0.25, 0.3) is 0 Å². The molecule has 0 radical (unpaired) electrons. The van der Waals surface area contributed by atoms with E-state index in [1.807, 2.05) is 0 Å². The van der Waals surface area contributed by atoms with Gasteiger partial charge in [0.15, 0.2) is 27.2 Å². The van der Waals surface area contributed by atoms with Crippen molar-refractivity contribution in [2.24, 2.45) is 0 Å². The third-order valence-electron chi connectivity index (χ3n) is 5.96. The Balaban J connectivity index is 1.84. The van der Waals surface area contributed by atoms with Crippen LogP contribution in [0.15, 0.2) is 36.9 Å². The normalized spacial score (nSPS) is 13.1. The number of hydrogen-bond acceptors (Lipinski definition) is 12. The molecule has 4 heterocycles. The Morgan fingerprint density at radius 1 is 0.947 bits per heavy atom. The predicted molar refractivity (Wildman–Crippen MR) is 137 cm³/mol. The first-order valence-corrected chi connectivity index (χ1v) is 13.4. The quantitative estimate of drug-likeness (QED) is 0.279. The average molecular weight is 561 g/mol. The Morgan fingerprint density at radius 2 is 1.66 bits per heavy atom. The van der Waals surface area contributed by atoms with Gasteiger partial charge >= 0.3 is 0 Å². The van der Waals surface area contributed by atoms with Gasteiger partial charge in [-0.1, -0.05) is 24.6 Å². The molecule has 0 N–H and O–H groups in total. The molecule has 0 bridgehead atoms. The first-order chi connectivity index (χ1) is 18.2. The molecular weight excluding hydrogens is 536 g/mol. The molecule has 13 nitrogen and oxygen atoms in total. The minimum atomic E-state index is -3.81. The topological polar surface area (TPSA) is 157 Å². The van der Waals surface area contributed by atoms with Crippen LogP contribution in [0.4, 0.5) is 0 Å². The molecular formula is C23H25ClN8O5S. The van der Waals surface area contributed by atoms with Crippen molar-refractivity contribution in [1.29, 1.82) is 0 Å². The van der Waals surface area contributed by atoms with E-state index in [0.717, 1.165) is 0 Å². The Hall–Kier alpha value is -3.91. The molecule has 15 heteroatoms. The summed E-state index contributed by atoms with van der Waals surface area (Å²) in [6, 6.07) is 5.09. The lowest BCUT2D eigenvalue weighted by molar-refractivity contribution is 0.368. The van der Waals surface area contributed by atoms with Crippen LogP contribution in [-0.4, -0.2) is 74.7 Å². The van der Waals surface area contributed by atoms with Gasteiger partial charge in [0.1, 0.15) is 22.9 Å². The zero-order valence-electron chi connectivity index (χ0n) is 21.2. The van der Waals surface area contributed by atoms with E-state index in [4.69, 9.17) is 25.8 Å². The van der Waals surface area contributed by atoms with Crippen LogP contribution in [0.1, 0.15) is 31.3 Å². The molecule has 38 heavy (non-hydrogen) atoms. The maximum atomic E-state index is 13.6. The van der Waals surface area contributed by atoms with Crippen LogP contribution in [0.3, 0.4) is 0 Å². The molecule has 200 valence electrons. The zero-order valence-corrected chi connectivity index (χ0v) is 22.8. The highest BCUT2D eigenvalue weighted by molar-refractivity contribution is 7.91. The van der Waals surface area contributed by atoms with Crippen molar-refractivity contribution in [2.75, 3.05) is 21.3 Å². The Labute approximate surface area is 224 Å². The first-order valence-electron chi connectivity index (χ1n) is 11.3. The fourth-order valence-electron chi connectivity index (χ4n) is 3.72. The van der Waals surface area contributed by atoms with Gasteiger partial charge in [0, 0.05) is 12.0 Å². The van der Waals surface area contributed by atoms with E-state index in [9.17, 15) is 8.42 Å². The molecule has 0 aliphatic rings. The molecule has 4 rings (SSSR count). The molecule has 0 fully saturated rings. The lowest BCUT2D eigenvalue weighted by Crippen LogP contribution is -2.27. The number of hydrogen-bond donors (Lipinski definition) is 0. The van der Waals surface area contributed by atoms with Gasteiger partial charge in [-0.05, 0) is 13.0 Å². The van der Waals surface area contributed by atoms with Crippen LogP contribution >= 0.6 is 11.6 Å². The Kier molecular flexibility index (Phi) is 8.02. The lowest BCUT2D eigenvalue weighted by atomic mass is 10.1. The highest BCUT2D eigenvalue weighted by Crippen LogP contribution is 2.34. The highest BCUT2D eigenvalue weighted by atomic mass is 35.5. The number of sulfone groups is 1. The number of rotatable bonds is 10. The van der Waals surface area contributed by atoms with Gasteiger partial charge in [-0.15, -0.1) is 10.2 Å². The molecule has 0 aromatic carbocycles. The summed E-state index contributed by atoms with van der Waals surface area (Å²) < 4.78 is 44.9. The SMILES string of the molecule is COc1cccc(-c2nnc(CS(=O)(=O)[C@@H](C)[C@H](C)c3cnc(Cl)cn3)n2-c2c(OC)ncnc2OC)n1. The fourth-order valence-corrected chi connectivity index (χ4v) is 5.39. The van der Waals surface area contributed by atoms with Gasteiger partial charge in [-0.25, -0.2) is 18.4 Å². The molecule has 0 aliphatic heterocycles. The summed E-state index contributed by atoms with van der Waals surface area (Å²) in [5.74, 6) is -0.0834. The minimum Gasteiger partial charge on any atom is -0.481 e. The second kappa shape index (κ2) is 11.2. The summed E-state index contributed by atoms with van der Waals surface area (Å²) in [7, 11) is 0.518. The summed E-state index contributed by atoms with van der Waals surface area (Å²) in [4.78, 5) is 21.0. The van der Waals surface area contributed by atoms with Crippen LogP contribution in [0.5, 0.6) is 17.6 Å². The van der Waals surface area contributed by atoms with Gasteiger partial charge in [0.2, 0.25) is 17.6 Å². The number of aromatic nitrogens is 8. The van der Waals surface area contributed by atoms with Crippen LogP contribution in [-0.2, 0) is 15.6 Å². The van der Waals surface area contributed by atoms with Gasteiger partial charge < -0.3 is 14.2 Å². The van der Waals surface area contributed by atoms with E-state index in [-0.39, 0.29) is 34.2 Å². The van der Waals surface area contributed by atoms with Crippen molar-refractivity contribution in [3.8, 4) is 34.8 Å².